The lowest BCUT2D eigenvalue weighted by atomic mass is 9.96. The van der Waals surface area contributed by atoms with E-state index in [1.165, 1.54) is 6.07 Å². The Morgan fingerprint density at radius 3 is 2.61 bits per heavy atom. The van der Waals surface area contributed by atoms with E-state index in [0.29, 0.717) is 37.4 Å². The third-order valence-corrected chi connectivity index (χ3v) is 3.87. The van der Waals surface area contributed by atoms with Crippen LogP contribution < -0.4 is 10.9 Å². The smallest absolute Gasteiger partial charge is 0.319 e. The standard InChI is InChI=1S/C15H23N5O3/c1-10-8-13(21)18-12(17-10)9-16-14(22)11-4-6-20(7-5-11)15(23)19(2)3/h8,11H,4-7,9H2,1-3H3,(H,16,22)(H,17,18,21). The molecule has 0 bridgehead atoms. The van der Waals surface area contributed by atoms with Gasteiger partial charge in [0.05, 0.1) is 6.54 Å². The van der Waals surface area contributed by atoms with Crippen LogP contribution in [-0.2, 0) is 11.3 Å². The van der Waals surface area contributed by atoms with Gasteiger partial charge < -0.3 is 20.1 Å². The fourth-order valence-electron chi connectivity index (χ4n) is 2.66. The van der Waals surface area contributed by atoms with Crippen LogP contribution in [0.2, 0.25) is 0 Å². The predicted octanol–water partition coefficient (Wildman–Crippen LogP) is 0.0881. The number of rotatable bonds is 3. The highest BCUT2D eigenvalue weighted by molar-refractivity contribution is 5.79. The van der Waals surface area contributed by atoms with Gasteiger partial charge in [-0.3, -0.25) is 9.59 Å². The molecule has 1 saturated heterocycles. The molecule has 1 aromatic heterocycles. The minimum absolute atomic E-state index is 0.0228. The number of piperidine rings is 1. The number of carbonyl (C=O) groups is 2. The Morgan fingerprint density at radius 2 is 2.04 bits per heavy atom. The Hall–Kier alpha value is -2.38. The number of hydrogen-bond donors (Lipinski definition) is 2. The first kappa shape index (κ1) is 17.0. The van der Waals surface area contributed by atoms with Crippen LogP contribution in [-0.4, -0.2) is 58.9 Å². The van der Waals surface area contributed by atoms with E-state index < -0.39 is 0 Å². The molecule has 0 spiro atoms. The molecule has 1 fully saturated rings. The van der Waals surface area contributed by atoms with Crippen molar-refractivity contribution < 1.29 is 9.59 Å². The van der Waals surface area contributed by atoms with E-state index in [9.17, 15) is 14.4 Å². The predicted molar refractivity (Wildman–Crippen MR) is 84.8 cm³/mol. The van der Waals surface area contributed by atoms with Crippen LogP contribution in [0.5, 0.6) is 0 Å². The third kappa shape index (κ3) is 4.54. The van der Waals surface area contributed by atoms with Gasteiger partial charge in [-0.1, -0.05) is 0 Å². The number of amides is 3. The molecule has 126 valence electrons. The van der Waals surface area contributed by atoms with Crippen molar-refractivity contribution in [2.45, 2.75) is 26.3 Å². The highest BCUT2D eigenvalue weighted by Gasteiger charge is 2.27. The molecule has 0 radical (unpaired) electrons. The molecule has 8 nitrogen and oxygen atoms in total. The Kier molecular flexibility index (Phi) is 5.36. The summed E-state index contributed by atoms with van der Waals surface area (Å²) in [5, 5.41) is 2.80. The summed E-state index contributed by atoms with van der Waals surface area (Å²) in [7, 11) is 3.44. The van der Waals surface area contributed by atoms with E-state index in [1.54, 1.807) is 30.8 Å². The van der Waals surface area contributed by atoms with Crippen LogP contribution in [0.3, 0.4) is 0 Å². The van der Waals surface area contributed by atoms with Gasteiger partial charge in [-0.2, -0.15) is 0 Å². The van der Waals surface area contributed by atoms with Gasteiger partial charge in [-0.25, -0.2) is 9.78 Å². The van der Waals surface area contributed by atoms with Crippen LogP contribution in [0.25, 0.3) is 0 Å². The van der Waals surface area contributed by atoms with Crippen molar-refractivity contribution in [2.24, 2.45) is 5.92 Å². The minimum atomic E-state index is -0.225. The lowest BCUT2D eigenvalue weighted by Gasteiger charge is -2.33. The first-order valence-corrected chi connectivity index (χ1v) is 7.67. The lowest BCUT2D eigenvalue weighted by molar-refractivity contribution is -0.126. The van der Waals surface area contributed by atoms with E-state index in [0.717, 1.165) is 0 Å². The number of likely N-dealkylation sites (tertiary alicyclic amines) is 1. The number of aromatic amines is 1. The zero-order chi connectivity index (χ0) is 17.0. The van der Waals surface area contributed by atoms with Crippen molar-refractivity contribution in [3.63, 3.8) is 0 Å². The van der Waals surface area contributed by atoms with Crippen molar-refractivity contribution in [1.29, 1.82) is 0 Å². The zero-order valence-corrected chi connectivity index (χ0v) is 13.8. The molecule has 1 aliphatic heterocycles. The van der Waals surface area contributed by atoms with Crippen LogP contribution in [0, 0.1) is 12.8 Å². The quantitative estimate of drug-likeness (QED) is 0.824. The number of aromatic nitrogens is 2. The lowest BCUT2D eigenvalue weighted by Crippen LogP contribution is -2.46. The molecule has 0 aliphatic carbocycles. The average Bonchev–Trinajstić information content (AvgIpc) is 2.51. The van der Waals surface area contributed by atoms with Gasteiger partial charge in [0.1, 0.15) is 5.82 Å². The summed E-state index contributed by atoms with van der Waals surface area (Å²) in [5.41, 5.74) is 0.394. The molecule has 3 amide bonds. The molecule has 0 unspecified atom stereocenters. The van der Waals surface area contributed by atoms with Crippen LogP contribution in [0.15, 0.2) is 10.9 Å². The minimum Gasteiger partial charge on any atom is -0.349 e. The van der Waals surface area contributed by atoms with Crippen LogP contribution in [0.4, 0.5) is 4.79 Å². The molecule has 23 heavy (non-hydrogen) atoms. The van der Waals surface area contributed by atoms with E-state index in [2.05, 4.69) is 15.3 Å². The largest absolute Gasteiger partial charge is 0.349 e. The summed E-state index contributed by atoms with van der Waals surface area (Å²) in [6.07, 6.45) is 1.28. The summed E-state index contributed by atoms with van der Waals surface area (Å²) < 4.78 is 0. The fourth-order valence-corrected chi connectivity index (χ4v) is 2.66. The SMILES string of the molecule is Cc1cc(=O)[nH]c(CNC(=O)C2CCN(C(=O)N(C)C)CC2)n1. The number of carbonyl (C=O) groups excluding carboxylic acids is 2. The van der Waals surface area contributed by atoms with Gasteiger partial charge in [0.25, 0.3) is 5.56 Å². The Balaban J connectivity index is 1.83. The monoisotopic (exact) mass is 321 g/mol. The molecule has 8 heteroatoms. The molecular weight excluding hydrogens is 298 g/mol. The summed E-state index contributed by atoms with van der Waals surface area (Å²) in [4.78, 5) is 45.5. The average molecular weight is 321 g/mol. The molecule has 2 rings (SSSR count). The van der Waals surface area contributed by atoms with Crippen molar-refractivity contribution in [2.75, 3.05) is 27.2 Å². The third-order valence-electron chi connectivity index (χ3n) is 3.87. The van der Waals surface area contributed by atoms with Gasteiger partial charge in [-0.05, 0) is 19.8 Å². The Bertz CT molecular complexity index is 632. The van der Waals surface area contributed by atoms with Crippen molar-refractivity contribution in [3.05, 3.63) is 27.9 Å². The molecule has 0 atom stereocenters. The number of nitrogens with one attached hydrogen (secondary N) is 2. The molecule has 0 saturated carbocycles. The number of hydrogen-bond acceptors (Lipinski definition) is 4. The highest BCUT2D eigenvalue weighted by atomic mass is 16.2. The molecule has 2 N–H and O–H groups in total. The maximum Gasteiger partial charge on any atom is 0.319 e. The first-order valence-electron chi connectivity index (χ1n) is 7.67. The summed E-state index contributed by atoms with van der Waals surface area (Å²) in [5.74, 6) is 0.271. The number of aryl methyl sites for hydroxylation is 1. The van der Waals surface area contributed by atoms with Crippen molar-refractivity contribution >= 4 is 11.9 Å². The number of H-pyrrole nitrogens is 1. The van der Waals surface area contributed by atoms with Gasteiger partial charge in [-0.15, -0.1) is 0 Å². The summed E-state index contributed by atoms with van der Waals surface area (Å²) in [6, 6.07) is 1.38. The molecular formula is C15H23N5O3. The van der Waals surface area contributed by atoms with Crippen LogP contribution >= 0.6 is 0 Å². The van der Waals surface area contributed by atoms with Gasteiger partial charge in [0.2, 0.25) is 5.91 Å². The summed E-state index contributed by atoms with van der Waals surface area (Å²) in [6.45, 7) is 3.09. The maximum atomic E-state index is 12.2. The normalized spacial score (nSPS) is 15.3. The van der Waals surface area contributed by atoms with Crippen molar-refractivity contribution in [1.82, 2.24) is 25.1 Å². The van der Waals surface area contributed by atoms with E-state index >= 15 is 0 Å². The second kappa shape index (κ2) is 7.26. The Morgan fingerprint density at radius 1 is 1.39 bits per heavy atom. The first-order chi connectivity index (χ1) is 10.9. The van der Waals surface area contributed by atoms with Gasteiger partial charge in [0.15, 0.2) is 0 Å². The van der Waals surface area contributed by atoms with E-state index in [-0.39, 0.29) is 30.0 Å². The topological polar surface area (TPSA) is 98.4 Å². The van der Waals surface area contributed by atoms with Gasteiger partial charge >= 0.3 is 6.03 Å². The second-order valence-corrected chi connectivity index (χ2v) is 5.99. The highest BCUT2D eigenvalue weighted by Crippen LogP contribution is 2.18. The van der Waals surface area contributed by atoms with E-state index in [1.807, 2.05) is 0 Å². The maximum absolute atomic E-state index is 12.2. The van der Waals surface area contributed by atoms with Gasteiger partial charge in [0, 0.05) is 44.9 Å². The van der Waals surface area contributed by atoms with Crippen molar-refractivity contribution in [3.8, 4) is 0 Å². The fraction of sp³-hybridized carbons (Fsp3) is 0.600. The number of nitrogens with zero attached hydrogens (tertiary/aromatic N) is 3. The van der Waals surface area contributed by atoms with E-state index in [4.69, 9.17) is 0 Å². The number of urea groups is 1. The Labute approximate surface area is 134 Å². The molecule has 1 aliphatic rings. The zero-order valence-electron chi connectivity index (χ0n) is 13.8. The molecule has 2 heterocycles. The second-order valence-electron chi connectivity index (χ2n) is 5.99. The summed E-state index contributed by atoms with van der Waals surface area (Å²) >= 11 is 0. The molecule has 1 aromatic rings. The van der Waals surface area contributed by atoms with Crippen LogP contribution in [0.1, 0.15) is 24.4 Å². The molecule has 0 aromatic carbocycles.